The average molecular weight is 491 g/mol. The molecule has 0 saturated carbocycles. The first kappa shape index (κ1) is 24.9. The van der Waals surface area contributed by atoms with Gasteiger partial charge in [0.25, 0.3) is 18.2 Å². The Morgan fingerprint density at radius 2 is 1.53 bits per heavy atom. The smallest absolute Gasteiger partial charge is 0.280 e. The van der Waals surface area contributed by atoms with Crippen LogP contribution in [0.4, 0.5) is 23.2 Å². The number of hydrogen-bond donors (Lipinski definition) is 1. The Bertz CT molecular complexity index is 1200. The van der Waals surface area contributed by atoms with Crippen LogP contribution >= 0.6 is 13.5 Å². The number of pyridine rings is 1. The number of halogens is 4. The first-order chi connectivity index (χ1) is 15.7. The van der Waals surface area contributed by atoms with Crippen LogP contribution in [0.3, 0.4) is 0 Å². The highest BCUT2D eigenvalue weighted by Crippen LogP contribution is 2.27. The molecule has 0 saturated heterocycles. The van der Waals surface area contributed by atoms with Crippen LogP contribution in [0.5, 0.6) is 0 Å². The van der Waals surface area contributed by atoms with Gasteiger partial charge in [-0.1, -0.05) is 12.1 Å². The lowest BCUT2D eigenvalue weighted by atomic mass is 10.0. The highest BCUT2D eigenvalue weighted by Gasteiger charge is 2.42. The summed E-state index contributed by atoms with van der Waals surface area (Å²) in [5.41, 5.74) is -0.241. The molecule has 11 heteroatoms. The molecule has 0 bridgehead atoms. The molecule has 2 aromatic carbocycles. The van der Waals surface area contributed by atoms with Crippen molar-refractivity contribution in [3.05, 3.63) is 94.8 Å². The van der Waals surface area contributed by atoms with Crippen LogP contribution in [0.1, 0.15) is 38.4 Å². The Labute approximate surface area is 198 Å². The summed E-state index contributed by atoms with van der Waals surface area (Å²) >= 11 is 0. The highest BCUT2D eigenvalue weighted by atomic mass is 32.1. The zero-order chi connectivity index (χ0) is 23.7. The van der Waals surface area contributed by atoms with Gasteiger partial charge in [0.2, 0.25) is 5.91 Å². The van der Waals surface area contributed by atoms with E-state index in [-0.39, 0.29) is 42.3 Å². The van der Waals surface area contributed by atoms with E-state index in [4.69, 9.17) is 0 Å². The molecule has 2 heterocycles. The molecule has 1 N–H and O–H groups in total. The van der Waals surface area contributed by atoms with Crippen LogP contribution in [-0.4, -0.2) is 33.6 Å². The fourth-order valence-electron chi connectivity index (χ4n) is 3.58. The number of anilines is 1. The third kappa shape index (κ3) is 4.93. The topological polar surface area (TPSA) is 79.4 Å². The third-order valence-corrected chi connectivity index (χ3v) is 5.07. The Morgan fingerprint density at radius 1 is 0.941 bits per heavy atom. The van der Waals surface area contributed by atoms with Crippen LogP contribution in [0.25, 0.3) is 0 Å². The lowest BCUT2D eigenvalue weighted by molar-refractivity contribution is -0.119. The van der Waals surface area contributed by atoms with Gasteiger partial charge in [-0.25, -0.2) is 17.6 Å². The Morgan fingerprint density at radius 3 is 2.03 bits per heavy atom. The molecule has 1 aliphatic rings. The molecule has 176 valence electrons. The van der Waals surface area contributed by atoms with Crippen LogP contribution in [0.2, 0.25) is 0 Å². The summed E-state index contributed by atoms with van der Waals surface area (Å²) in [6.45, 7) is 0. The first-order valence-corrected chi connectivity index (χ1v) is 9.71. The molecule has 34 heavy (non-hydrogen) atoms. The summed E-state index contributed by atoms with van der Waals surface area (Å²) in [7, 11) is 0. The van der Waals surface area contributed by atoms with E-state index in [1.807, 2.05) is 0 Å². The number of nitrogens with one attached hydrogen (secondary N) is 1. The molecule has 1 aliphatic heterocycles. The van der Waals surface area contributed by atoms with Gasteiger partial charge in [-0.15, -0.1) is 0 Å². The van der Waals surface area contributed by atoms with Crippen molar-refractivity contribution >= 4 is 36.9 Å². The molecule has 1 aromatic heterocycles. The molecule has 6 nitrogen and oxygen atoms in total. The largest absolute Gasteiger partial charge is 0.323 e. The number of fused-ring (bicyclic) bond motifs is 1. The van der Waals surface area contributed by atoms with Crippen LogP contribution in [0.15, 0.2) is 60.8 Å². The second-order valence-corrected chi connectivity index (χ2v) is 7.29. The van der Waals surface area contributed by atoms with Crippen molar-refractivity contribution in [2.75, 3.05) is 5.32 Å². The van der Waals surface area contributed by atoms with Crippen molar-refractivity contribution in [3.8, 4) is 0 Å². The number of rotatable bonds is 6. The molecule has 0 fully saturated rings. The van der Waals surface area contributed by atoms with Gasteiger partial charge in [0.1, 0.15) is 23.4 Å². The van der Waals surface area contributed by atoms with E-state index in [0.717, 1.165) is 29.3 Å². The molecule has 0 aliphatic carbocycles. The summed E-state index contributed by atoms with van der Waals surface area (Å²) in [5, 5.41) is 2.42. The van der Waals surface area contributed by atoms with E-state index < -0.39 is 47.5 Å². The van der Waals surface area contributed by atoms with E-state index in [9.17, 15) is 31.9 Å². The van der Waals surface area contributed by atoms with Crippen LogP contribution < -0.4 is 5.32 Å². The Hall–Kier alpha value is -3.73. The number of amides is 3. The van der Waals surface area contributed by atoms with Crippen LogP contribution in [-0.2, 0) is 11.2 Å². The first-order valence-electron chi connectivity index (χ1n) is 9.71. The quantitative estimate of drug-likeness (QED) is 0.413. The van der Waals surface area contributed by atoms with E-state index in [1.165, 1.54) is 18.2 Å². The molecule has 0 unspecified atom stereocenters. The molecule has 0 radical (unpaired) electrons. The van der Waals surface area contributed by atoms with Gasteiger partial charge in [0.05, 0.1) is 23.0 Å². The predicted octanol–water partition coefficient (Wildman–Crippen LogP) is 4.26. The average Bonchev–Trinajstić information content (AvgIpc) is 3.02. The SMILES string of the molecule is O=C(Nc1ccc(C(F)F)nc1)[C@H](Cc1cc(F)cc(F)c1)N1C(=O)c2ccccc2C1=O.S. The highest BCUT2D eigenvalue weighted by molar-refractivity contribution is 7.59. The second kappa shape index (κ2) is 10.0. The molecule has 1 atom stereocenters. The molecular formula is C23H17F4N3O3S. The summed E-state index contributed by atoms with van der Waals surface area (Å²) in [6, 6.07) is 9.32. The number of alkyl halides is 2. The van der Waals surface area contributed by atoms with E-state index in [2.05, 4.69) is 10.3 Å². The molecule has 0 spiro atoms. The number of aromatic nitrogens is 1. The summed E-state index contributed by atoms with van der Waals surface area (Å²) in [5.74, 6) is -4.12. The van der Waals surface area contributed by atoms with Gasteiger partial charge in [0, 0.05) is 12.5 Å². The minimum Gasteiger partial charge on any atom is -0.323 e. The monoisotopic (exact) mass is 491 g/mol. The maximum absolute atomic E-state index is 13.7. The van der Waals surface area contributed by atoms with Crippen LogP contribution in [0, 0.1) is 11.6 Å². The van der Waals surface area contributed by atoms with Gasteiger partial charge in [0.15, 0.2) is 0 Å². The van der Waals surface area contributed by atoms with Gasteiger partial charge >= 0.3 is 0 Å². The van der Waals surface area contributed by atoms with Gasteiger partial charge in [-0.2, -0.15) is 13.5 Å². The van der Waals surface area contributed by atoms with E-state index in [1.54, 1.807) is 12.1 Å². The van der Waals surface area contributed by atoms with Gasteiger partial charge < -0.3 is 5.32 Å². The molecular weight excluding hydrogens is 474 g/mol. The lowest BCUT2D eigenvalue weighted by Crippen LogP contribution is -2.48. The zero-order valence-electron chi connectivity index (χ0n) is 17.3. The lowest BCUT2D eigenvalue weighted by Gasteiger charge is -2.25. The van der Waals surface area contributed by atoms with Crippen molar-refractivity contribution in [1.29, 1.82) is 0 Å². The number of benzene rings is 2. The van der Waals surface area contributed by atoms with Crippen molar-refractivity contribution in [1.82, 2.24) is 9.88 Å². The maximum Gasteiger partial charge on any atom is 0.280 e. The maximum atomic E-state index is 13.7. The number of carbonyl (C=O) groups is 3. The Kier molecular flexibility index (Phi) is 7.35. The number of carbonyl (C=O) groups excluding carboxylic acids is 3. The number of imide groups is 1. The second-order valence-electron chi connectivity index (χ2n) is 7.29. The summed E-state index contributed by atoms with van der Waals surface area (Å²) < 4.78 is 52.9. The van der Waals surface area contributed by atoms with Crippen molar-refractivity contribution in [3.63, 3.8) is 0 Å². The standard InChI is InChI=1S/C23H15F4N3O3.H2S/c24-13-7-12(8-14(25)10-13)9-19(21(31)29-15-5-6-18(20(26)27)28-11-15)30-22(32)16-3-1-2-4-17(16)23(30)33;/h1-8,10-11,19-20H,9H2,(H,29,31);1H2/t19-;/m0./s1. The van der Waals surface area contributed by atoms with Gasteiger partial charge in [-0.05, 0) is 42.0 Å². The summed E-state index contributed by atoms with van der Waals surface area (Å²) in [6.07, 6.45) is -2.18. The van der Waals surface area contributed by atoms with Crippen molar-refractivity contribution < 1.29 is 31.9 Å². The fourth-order valence-corrected chi connectivity index (χ4v) is 3.58. The van der Waals surface area contributed by atoms with Crippen molar-refractivity contribution in [2.24, 2.45) is 0 Å². The van der Waals surface area contributed by atoms with E-state index in [0.29, 0.717) is 6.07 Å². The molecule has 4 rings (SSSR count). The predicted molar refractivity (Wildman–Crippen MR) is 119 cm³/mol. The fraction of sp³-hybridized carbons (Fsp3) is 0.130. The molecule has 3 amide bonds. The Balaban J connectivity index is 0.00000324. The zero-order valence-corrected chi connectivity index (χ0v) is 18.3. The third-order valence-electron chi connectivity index (χ3n) is 5.07. The normalized spacial score (nSPS) is 13.5. The minimum atomic E-state index is -2.80. The number of nitrogens with zero attached hydrogens (tertiary/aromatic N) is 2. The minimum absolute atomic E-state index is 0. The van der Waals surface area contributed by atoms with Crippen molar-refractivity contribution in [2.45, 2.75) is 18.9 Å². The molecule has 3 aromatic rings. The van der Waals surface area contributed by atoms with E-state index >= 15 is 0 Å². The van der Waals surface area contributed by atoms with Gasteiger partial charge in [-0.3, -0.25) is 24.3 Å². The summed E-state index contributed by atoms with van der Waals surface area (Å²) in [4.78, 5) is 43.2. The number of hydrogen-bond acceptors (Lipinski definition) is 4.